The molecular formula is C33H35ClFN7O2. The third kappa shape index (κ3) is 5.77. The highest BCUT2D eigenvalue weighted by Gasteiger charge is 2.30. The third-order valence-corrected chi connectivity index (χ3v) is 9.42. The molecule has 3 aliphatic heterocycles. The van der Waals surface area contributed by atoms with Crippen LogP contribution in [0.15, 0.2) is 42.6 Å². The highest BCUT2D eigenvalue weighted by atomic mass is 35.5. The molecule has 1 unspecified atom stereocenters. The summed E-state index contributed by atoms with van der Waals surface area (Å²) in [6, 6.07) is 14.2. The Bertz CT molecular complexity index is 1700. The summed E-state index contributed by atoms with van der Waals surface area (Å²) in [4.78, 5) is 18.8. The van der Waals surface area contributed by atoms with Gasteiger partial charge in [-0.25, -0.2) is 4.39 Å². The van der Waals surface area contributed by atoms with E-state index in [-0.39, 0.29) is 29.4 Å². The standard InChI is InChI=1S/C33H35ClFN7O2/c34-27-6-2-4-21-3-1-5-25(28(21)27)30-29(35)31-26(19-38-30)32(42-16-13-37-22(20-42)7-12-36)40-33(39-31)44-24-8-14-41(15-9-24)23-10-17-43-18-11-23/h1-6,19,22-24,37H,7-11,13-18,20H2. The number of pyridine rings is 1. The monoisotopic (exact) mass is 615 g/mol. The third-order valence-electron chi connectivity index (χ3n) is 9.10. The molecule has 3 fully saturated rings. The van der Waals surface area contributed by atoms with Gasteiger partial charge in [0.25, 0.3) is 0 Å². The van der Waals surface area contributed by atoms with E-state index in [2.05, 4.69) is 31.2 Å². The molecule has 0 spiro atoms. The van der Waals surface area contributed by atoms with E-state index in [1.807, 2.05) is 30.3 Å². The van der Waals surface area contributed by atoms with Crippen LogP contribution in [-0.2, 0) is 4.74 Å². The molecule has 0 saturated carbocycles. The van der Waals surface area contributed by atoms with Gasteiger partial charge < -0.3 is 19.7 Å². The molecule has 9 nitrogen and oxygen atoms in total. The minimum absolute atomic E-state index is 0.0208. The van der Waals surface area contributed by atoms with Gasteiger partial charge in [-0.05, 0) is 37.1 Å². The lowest BCUT2D eigenvalue weighted by Gasteiger charge is -2.39. The molecule has 1 atom stereocenters. The maximum Gasteiger partial charge on any atom is 0.319 e. The minimum atomic E-state index is -0.540. The summed E-state index contributed by atoms with van der Waals surface area (Å²) in [5.41, 5.74) is 0.945. The van der Waals surface area contributed by atoms with E-state index < -0.39 is 5.82 Å². The zero-order valence-electron chi connectivity index (χ0n) is 24.5. The second-order valence-electron chi connectivity index (χ2n) is 11.8. The molecule has 7 rings (SSSR count). The first-order chi connectivity index (χ1) is 21.6. The number of aromatic nitrogens is 3. The van der Waals surface area contributed by atoms with E-state index in [0.29, 0.717) is 53.9 Å². The van der Waals surface area contributed by atoms with Crippen LogP contribution >= 0.6 is 11.6 Å². The number of likely N-dealkylation sites (tertiary alicyclic amines) is 1. The van der Waals surface area contributed by atoms with Gasteiger partial charge in [0.1, 0.15) is 23.1 Å². The first-order valence-electron chi connectivity index (χ1n) is 15.5. The van der Waals surface area contributed by atoms with Crippen molar-refractivity contribution >= 4 is 39.1 Å². The number of piperazine rings is 1. The average Bonchev–Trinajstić information content (AvgIpc) is 3.06. The molecule has 11 heteroatoms. The molecule has 2 aromatic carbocycles. The molecule has 5 heterocycles. The van der Waals surface area contributed by atoms with Crippen molar-refractivity contribution in [3.05, 3.63) is 53.4 Å². The fraction of sp³-hybridized carbons (Fsp3) is 0.455. The van der Waals surface area contributed by atoms with Gasteiger partial charge in [0.2, 0.25) is 0 Å². The molecule has 0 amide bonds. The summed E-state index contributed by atoms with van der Waals surface area (Å²) < 4.78 is 28.6. The predicted octanol–water partition coefficient (Wildman–Crippen LogP) is 5.35. The van der Waals surface area contributed by atoms with Crippen molar-refractivity contribution < 1.29 is 13.9 Å². The van der Waals surface area contributed by atoms with Gasteiger partial charge in [-0.15, -0.1) is 0 Å². The lowest BCUT2D eigenvalue weighted by atomic mass is 10.0. The summed E-state index contributed by atoms with van der Waals surface area (Å²) in [5, 5.41) is 15.4. The zero-order chi connectivity index (χ0) is 30.0. The lowest BCUT2D eigenvalue weighted by molar-refractivity contribution is 0.00879. The fourth-order valence-corrected chi connectivity index (χ4v) is 7.10. The molecule has 228 valence electrons. The molecule has 2 aromatic heterocycles. The predicted molar refractivity (Wildman–Crippen MR) is 169 cm³/mol. The Morgan fingerprint density at radius 2 is 1.86 bits per heavy atom. The van der Waals surface area contributed by atoms with Gasteiger partial charge >= 0.3 is 6.01 Å². The first kappa shape index (κ1) is 29.1. The number of nitriles is 1. The van der Waals surface area contributed by atoms with Crippen molar-refractivity contribution in [1.29, 1.82) is 5.26 Å². The number of hydrogen-bond acceptors (Lipinski definition) is 9. The zero-order valence-corrected chi connectivity index (χ0v) is 25.3. The normalized spacial score (nSPS) is 20.7. The van der Waals surface area contributed by atoms with Gasteiger partial charge in [-0.3, -0.25) is 9.88 Å². The molecule has 44 heavy (non-hydrogen) atoms. The number of nitrogens with one attached hydrogen (secondary N) is 1. The quantitative estimate of drug-likeness (QED) is 0.308. The van der Waals surface area contributed by atoms with Crippen LogP contribution in [-0.4, -0.2) is 84.0 Å². The highest BCUT2D eigenvalue weighted by Crippen LogP contribution is 2.37. The van der Waals surface area contributed by atoms with Crippen molar-refractivity contribution in [3.63, 3.8) is 0 Å². The Morgan fingerprint density at radius 3 is 2.66 bits per heavy atom. The van der Waals surface area contributed by atoms with Crippen LogP contribution in [0, 0.1) is 17.1 Å². The molecule has 3 aliphatic rings. The van der Waals surface area contributed by atoms with E-state index in [1.165, 1.54) is 0 Å². The van der Waals surface area contributed by atoms with Crippen LogP contribution in [0.3, 0.4) is 0 Å². The Hall–Kier alpha value is -3.62. The van der Waals surface area contributed by atoms with Gasteiger partial charge in [0.15, 0.2) is 5.82 Å². The number of hydrogen-bond donors (Lipinski definition) is 1. The molecule has 0 radical (unpaired) electrons. The van der Waals surface area contributed by atoms with Crippen LogP contribution in [0.4, 0.5) is 10.2 Å². The van der Waals surface area contributed by atoms with E-state index in [1.54, 1.807) is 12.3 Å². The Labute approximate surface area is 260 Å². The Morgan fingerprint density at radius 1 is 1.07 bits per heavy atom. The Balaban J connectivity index is 1.25. The second-order valence-corrected chi connectivity index (χ2v) is 12.2. The minimum Gasteiger partial charge on any atom is -0.460 e. The van der Waals surface area contributed by atoms with Crippen molar-refractivity contribution in [1.82, 2.24) is 25.2 Å². The number of fused-ring (bicyclic) bond motifs is 2. The van der Waals surface area contributed by atoms with Crippen molar-refractivity contribution in [2.24, 2.45) is 0 Å². The number of ether oxygens (including phenoxy) is 2. The maximum absolute atomic E-state index is 16.6. The van der Waals surface area contributed by atoms with Crippen LogP contribution in [0.25, 0.3) is 32.9 Å². The van der Waals surface area contributed by atoms with E-state index in [9.17, 15) is 5.26 Å². The number of piperidine rings is 1. The van der Waals surface area contributed by atoms with Crippen LogP contribution in [0.1, 0.15) is 32.1 Å². The largest absolute Gasteiger partial charge is 0.460 e. The molecule has 1 N–H and O–H groups in total. The highest BCUT2D eigenvalue weighted by molar-refractivity contribution is 6.36. The van der Waals surface area contributed by atoms with E-state index in [0.717, 1.165) is 62.8 Å². The molecule has 0 bridgehead atoms. The van der Waals surface area contributed by atoms with Crippen LogP contribution < -0.4 is 15.0 Å². The summed E-state index contributed by atoms with van der Waals surface area (Å²) in [5.74, 6) is 0.0319. The first-order valence-corrected chi connectivity index (χ1v) is 15.8. The number of halogens is 2. The van der Waals surface area contributed by atoms with Gasteiger partial charge in [-0.1, -0.05) is 41.9 Å². The number of nitrogens with zero attached hydrogens (tertiary/aromatic N) is 6. The lowest BCUT2D eigenvalue weighted by Crippen LogP contribution is -2.51. The van der Waals surface area contributed by atoms with Gasteiger partial charge in [0, 0.05) is 80.2 Å². The topological polar surface area (TPSA) is 99.4 Å². The fourth-order valence-electron chi connectivity index (χ4n) is 6.82. The number of benzene rings is 2. The maximum atomic E-state index is 16.6. The van der Waals surface area contributed by atoms with Gasteiger partial charge in [-0.2, -0.15) is 15.2 Å². The van der Waals surface area contributed by atoms with Crippen LogP contribution in [0.2, 0.25) is 5.02 Å². The second kappa shape index (κ2) is 12.8. The summed E-state index contributed by atoms with van der Waals surface area (Å²) in [6.07, 6.45) is 5.79. The van der Waals surface area contributed by atoms with Crippen molar-refractivity contribution in [2.75, 3.05) is 50.8 Å². The number of rotatable bonds is 6. The Kier molecular flexibility index (Phi) is 8.45. The number of anilines is 1. The molecule has 4 aromatic rings. The molecule has 3 saturated heterocycles. The van der Waals surface area contributed by atoms with E-state index in [4.69, 9.17) is 26.1 Å². The molecule has 0 aliphatic carbocycles. The smallest absolute Gasteiger partial charge is 0.319 e. The SMILES string of the molecule is N#CCC1CN(c2nc(OC3CCN(C4CCOCC4)CC3)nc3c(F)c(-c4cccc5cccc(Cl)c45)ncc23)CCN1. The van der Waals surface area contributed by atoms with Crippen molar-refractivity contribution in [3.8, 4) is 23.3 Å². The van der Waals surface area contributed by atoms with Crippen molar-refractivity contribution in [2.45, 2.75) is 50.3 Å². The molecular weight excluding hydrogens is 581 g/mol. The van der Waals surface area contributed by atoms with Crippen LogP contribution in [0.5, 0.6) is 6.01 Å². The van der Waals surface area contributed by atoms with E-state index >= 15 is 4.39 Å². The summed E-state index contributed by atoms with van der Waals surface area (Å²) in [6.45, 7) is 5.42. The average molecular weight is 616 g/mol. The van der Waals surface area contributed by atoms with Gasteiger partial charge in [0.05, 0.1) is 17.9 Å². The summed E-state index contributed by atoms with van der Waals surface area (Å²) in [7, 11) is 0. The summed E-state index contributed by atoms with van der Waals surface area (Å²) >= 11 is 6.60.